The Morgan fingerprint density at radius 3 is 2.71 bits per heavy atom. The summed E-state index contributed by atoms with van der Waals surface area (Å²) >= 11 is 0. The highest BCUT2D eigenvalue weighted by Gasteiger charge is 2.26. The van der Waals surface area contributed by atoms with Gasteiger partial charge in [-0.2, -0.15) is 0 Å². The zero-order valence-electron chi connectivity index (χ0n) is 8.20. The number of nitro groups is 1. The maximum absolute atomic E-state index is 10.7. The first-order valence-electron chi connectivity index (χ1n) is 4.53. The molecule has 3 nitrogen and oxygen atoms in total. The van der Waals surface area contributed by atoms with Gasteiger partial charge >= 0.3 is 0 Å². The summed E-state index contributed by atoms with van der Waals surface area (Å²) in [6.45, 7) is 3.82. The van der Waals surface area contributed by atoms with E-state index in [9.17, 15) is 10.1 Å². The molecule has 1 aliphatic rings. The van der Waals surface area contributed by atoms with Crippen molar-refractivity contribution >= 4 is 5.57 Å². The van der Waals surface area contributed by atoms with Gasteiger partial charge in [0.15, 0.2) is 0 Å². The summed E-state index contributed by atoms with van der Waals surface area (Å²) < 4.78 is 0. The molecular weight excluding hydrogens is 178 g/mol. The van der Waals surface area contributed by atoms with E-state index in [0.29, 0.717) is 12.1 Å². The van der Waals surface area contributed by atoms with Crippen LogP contribution in [0.1, 0.15) is 23.6 Å². The molecule has 72 valence electrons. The van der Waals surface area contributed by atoms with E-state index in [4.69, 9.17) is 0 Å². The molecule has 0 saturated carbocycles. The van der Waals surface area contributed by atoms with Crippen LogP contribution in [0.25, 0.3) is 5.57 Å². The molecule has 0 spiro atoms. The van der Waals surface area contributed by atoms with Gasteiger partial charge in [-0.1, -0.05) is 23.8 Å². The minimum atomic E-state index is -0.273. The number of benzene rings is 1. The predicted octanol–water partition coefficient (Wildman–Crippen LogP) is 2.56. The van der Waals surface area contributed by atoms with Gasteiger partial charge in [-0.25, -0.2) is 0 Å². The molecule has 3 heteroatoms. The van der Waals surface area contributed by atoms with Gasteiger partial charge in [0.05, 0.1) is 11.3 Å². The zero-order valence-corrected chi connectivity index (χ0v) is 8.20. The summed E-state index contributed by atoms with van der Waals surface area (Å²) in [7, 11) is 0. The lowest BCUT2D eigenvalue weighted by Gasteiger charge is -1.99. The molecular formula is C11H11NO2. The van der Waals surface area contributed by atoms with Crippen LogP contribution in [0.4, 0.5) is 0 Å². The SMILES string of the molecule is CC1=C([N+](=O)[O-])Cc2cc(C)ccc21. The minimum Gasteiger partial charge on any atom is -0.259 e. The second kappa shape index (κ2) is 2.94. The third kappa shape index (κ3) is 1.21. The van der Waals surface area contributed by atoms with Crippen molar-refractivity contribution in [3.05, 3.63) is 50.7 Å². The predicted molar refractivity (Wildman–Crippen MR) is 54.5 cm³/mol. The zero-order chi connectivity index (χ0) is 10.3. The molecule has 1 aliphatic carbocycles. The molecule has 0 bridgehead atoms. The van der Waals surface area contributed by atoms with Gasteiger partial charge in [-0.15, -0.1) is 0 Å². The van der Waals surface area contributed by atoms with Crippen LogP contribution < -0.4 is 0 Å². The Morgan fingerprint density at radius 2 is 2.07 bits per heavy atom. The lowest BCUT2D eigenvalue weighted by molar-refractivity contribution is -0.425. The number of hydrogen-bond donors (Lipinski definition) is 0. The highest BCUT2D eigenvalue weighted by Crippen LogP contribution is 2.32. The Balaban J connectivity index is 2.53. The van der Waals surface area contributed by atoms with Crippen molar-refractivity contribution in [1.82, 2.24) is 0 Å². The molecule has 0 fully saturated rings. The van der Waals surface area contributed by atoms with Crippen molar-refractivity contribution in [2.45, 2.75) is 20.3 Å². The molecule has 0 heterocycles. The molecule has 0 aromatic heterocycles. The average molecular weight is 189 g/mol. The van der Waals surface area contributed by atoms with E-state index in [2.05, 4.69) is 0 Å². The van der Waals surface area contributed by atoms with E-state index >= 15 is 0 Å². The third-order valence-electron chi connectivity index (χ3n) is 2.68. The number of allylic oxidation sites excluding steroid dienone is 2. The van der Waals surface area contributed by atoms with E-state index in [1.54, 1.807) is 0 Å². The van der Waals surface area contributed by atoms with E-state index in [1.807, 2.05) is 32.0 Å². The Bertz CT molecular complexity index is 447. The molecule has 1 aromatic rings. The lowest BCUT2D eigenvalue weighted by Crippen LogP contribution is -1.98. The van der Waals surface area contributed by atoms with Crippen molar-refractivity contribution in [1.29, 1.82) is 0 Å². The van der Waals surface area contributed by atoms with Crippen LogP contribution in [0.15, 0.2) is 23.9 Å². The second-order valence-electron chi connectivity index (χ2n) is 3.67. The van der Waals surface area contributed by atoms with Crippen molar-refractivity contribution < 1.29 is 4.92 Å². The van der Waals surface area contributed by atoms with E-state index in [0.717, 1.165) is 22.3 Å². The first-order chi connectivity index (χ1) is 6.59. The largest absolute Gasteiger partial charge is 0.259 e. The van der Waals surface area contributed by atoms with Gasteiger partial charge in [0.25, 0.3) is 5.70 Å². The Labute approximate surface area is 82.2 Å². The van der Waals surface area contributed by atoms with Gasteiger partial charge < -0.3 is 0 Å². The number of fused-ring (bicyclic) bond motifs is 1. The standard InChI is InChI=1S/C11H11NO2/c1-7-3-4-10-8(2)11(12(13)14)6-9(10)5-7/h3-5H,6H2,1-2H3. The minimum absolute atomic E-state index is 0.273. The first kappa shape index (κ1) is 8.94. The van der Waals surface area contributed by atoms with Gasteiger partial charge in [0, 0.05) is 5.57 Å². The molecule has 0 atom stereocenters. The maximum Gasteiger partial charge on any atom is 0.254 e. The third-order valence-corrected chi connectivity index (χ3v) is 2.68. The second-order valence-corrected chi connectivity index (χ2v) is 3.67. The Morgan fingerprint density at radius 1 is 1.36 bits per heavy atom. The topological polar surface area (TPSA) is 43.1 Å². The summed E-state index contributed by atoms with van der Waals surface area (Å²) in [6, 6.07) is 5.98. The molecule has 0 unspecified atom stereocenters. The summed E-state index contributed by atoms with van der Waals surface area (Å²) in [5, 5.41) is 10.7. The van der Waals surface area contributed by atoms with E-state index < -0.39 is 0 Å². The normalized spacial score (nSPS) is 14.4. The van der Waals surface area contributed by atoms with Crippen molar-refractivity contribution in [2.75, 3.05) is 0 Å². The smallest absolute Gasteiger partial charge is 0.254 e. The molecule has 0 amide bonds. The van der Waals surface area contributed by atoms with Gasteiger partial charge in [-0.3, -0.25) is 10.1 Å². The van der Waals surface area contributed by atoms with E-state index in [1.165, 1.54) is 0 Å². The monoisotopic (exact) mass is 189 g/mol. The van der Waals surface area contributed by atoms with Crippen molar-refractivity contribution in [2.24, 2.45) is 0 Å². The number of aryl methyl sites for hydroxylation is 1. The van der Waals surface area contributed by atoms with Crippen LogP contribution in [0, 0.1) is 17.0 Å². The summed E-state index contributed by atoms with van der Waals surface area (Å²) in [4.78, 5) is 10.4. The van der Waals surface area contributed by atoms with Crippen molar-refractivity contribution in [3.8, 4) is 0 Å². The Hall–Kier alpha value is -1.64. The average Bonchev–Trinajstić information content (AvgIpc) is 2.43. The fraction of sp³-hybridized carbons (Fsp3) is 0.273. The van der Waals surface area contributed by atoms with Crippen LogP contribution in [-0.2, 0) is 6.42 Å². The molecule has 2 rings (SSSR count). The molecule has 14 heavy (non-hydrogen) atoms. The summed E-state index contributed by atoms with van der Waals surface area (Å²) in [5.41, 5.74) is 4.41. The summed E-state index contributed by atoms with van der Waals surface area (Å²) in [6.07, 6.45) is 0.468. The van der Waals surface area contributed by atoms with Crippen molar-refractivity contribution in [3.63, 3.8) is 0 Å². The molecule has 1 aromatic carbocycles. The molecule has 0 radical (unpaired) electrons. The highest BCUT2D eigenvalue weighted by molar-refractivity contribution is 5.73. The maximum atomic E-state index is 10.7. The van der Waals surface area contributed by atoms with Gasteiger partial charge in [-0.05, 0) is 25.0 Å². The van der Waals surface area contributed by atoms with Gasteiger partial charge in [0.1, 0.15) is 0 Å². The van der Waals surface area contributed by atoms with Crippen LogP contribution in [0.2, 0.25) is 0 Å². The van der Waals surface area contributed by atoms with Crippen LogP contribution in [-0.4, -0.2) is 4.92 Å². The lowest BCUT2D eigenvalue weighted by atomic mass is 10.0. The number of hydrogen-bond acceptors (Lipinski definition) is 2. The summed E-state index contributed by atoms with van der Waals surface area (Å²) in [5.74, 6) is 0. The quantitative estimate of drug-likeness (QED) is 0.503. The molecule has 0 saturated heterocycles. The Kier molecular flexibility index (Phi) is 1.88. The highest BCUT2D eigenvalue weighted by atomic mass is 16.6. The fourth-order valence-electron chi connectivity index (χ4n) is 1.90. The van der Waals surface area contributed by atoms with Crippen LogP contribution in [0.3, 0.4) is 0 Å². The van der Waals surface area contributed by atoms with Crippen LogP contribution in [0.5, 0.6) is 0 Å². The molecule has 0 aliphatic heterocycles. The first-order valence-corrected chi connectivity index (χ1v) is 4.53. The van der Waals surface area contributed by atoms with Crippen LogP contribution >= 0.6 is 0 Å². The number of nitrogens with zero attached hydrogens (tertiary/aromatic N) is 1. The molecule has 0 N–H and O–H groups in total. The number of rotatable bonds is 1. The van der Waals surface area contributed by atoms with E-state index in [-0.39, 0.29) is 4.92 Å². The fourth-order valence-corrected chi connectivity index (χ4v) is 1.90. The van der Waals surface area contributed by atoms with Gasteiger partial charge in [0.2, 0.25) is 0 Å².